The fraction of sp³-hybridized carbons (Fsp3) is 0.259. The summed E-state index contributed by atoms with van der Waals surface area (Å²) in [5.74, 6) is 3.26. The van der Waals surface area contributed by atoms with Gasteiger partial charge in [0.05, 0.1) is 0 Å². The van der Waals surface area contributed by atoms with Gasteiger partial charge in [0.15, 0.2) is 0 Å². The SMILES string of the molecule is C#CCCCC(C)(C1=CC=CC1)C1C=Cc2ccccc21.Clc1ccccc1.[Zr]. The topological polar surface area (TPSA) is 0 Å². The van der Waals surface area contributed by atoms with Crippen LogP contribution in [0.4, 0.5) is 0 Å². The summed E-state index contributed by atoms with van der Waals surface area (Å²) in [5.41, 5.74) is 4.56. The van der Waals surface area contributed by atoms with E-state index in [1.807, 2.05) is 30.3 Å². The normalized spacial score (nSPS) is 17.8. The second-order valence-corrected chi connectivity index (χ2v) is 8.00. The van der Waals surface area contributed by atoms with Crippen molar-refractivity contribution in [2.75, 3.05) is 0 Å². The molecule has 0 aliphatic heterocycles. The molecule has 2 unspecified atom stereocenters. The van der Waals surface area contributed by atoms with Gasteiger partial charge in [-0.3, -0.25) is 0 Å². The van der Waals surface area contributed by atoms with Gasteiger partial charge in [0.25, 0.3) is 0 Å². The van der Waals surface area contributed by atoms with Crippen molar-refractivity contribution in [3.05, 3.63) is 101 Å². The molecule has 0 nitrogen and oxygen atoms in total. The molecule has 2 aliphatic rings. The first-order valence-electron chi connectivity index (χ1n) is 9.92. The Kier molecular flexibility index (Phi) is 9.42. The molecule has 0 spiro atoms. The maximum atomic E-state index is 5.54. The van der Waals surface area contributed by atoms with E-state index in [1.54, 1.807) is 5.57 Å². The van der Waals surface area contributed by atoms with Crippen LogP contribution in [-0.2, 0) is 26.2 Å². The van der Waals surface area contributed by atoms with Crippen LogP contribution >= 0.6 is 11.6 Å². The molecule has 0 amide bonds. The summed E-state index contributed by atoms with van der Waals surface area (Å²) < 4.78 is 0. The molecule has 29 heavy (non-hydrogen) atoms. The van der Waals surface area contributed by atoms with Gasteiger partial charge in [-0.2, -0.15) is 0 Å². The van der Waals surface area contributed by atoms with Crippen LogP contribution in [0.3, 0.4) is 0 Å². The van der Waals surface area contributed by atoms with E-state index in [9.17, 15) is 0 Å². The maximum Gasteiger partial charge on any atom is 0.0405 e. The van der Waals surface area contributed by atoms with Crippen LogP contribution in [0.5, 0.6) is 0 Å². The average Bonchev–Trinajstić information content (AvgIpc) is 3.40. The maximum absolute atomic E-state index is 5.54. The van der Waals surface area contributed by atoms with Crippen molar-refractivity contribution < 1.29 is 26.2 Å². The second kappa shape index (κ2) is 11.5. The third-order valence-electron chi connectivity index (χ3n) is 5.74. The summed E-state index contributed by atoms with van der Waals surface area (Å²) in [7, 11) is 0. The Morgan fingerprint density at radius 3 is 2.45 bits per heavy atom. The van der Waals surface area contributed by atoms with Gasteiger partial charge in [-0.15, -0.1) is 12.3 Å². The number of terminal acetylenes is 1. The Labute approximate surface area is 199 Å². The molecule has 0 saturated heterocycles. The summed E-state index contributed by atoms with van der Waals surface area (Å²) in [6.45, 7) is 2.42. The third-order valence-corrected chi connectivity index (χ3v) is 5.99. The zero-order valence-electron chi connectivity index (χ0n) is 16.9. The number of halogens is 1. The average molecular weight is 478 g/mol. The zero-order valence-corrected chi connectivity index (χ0v) is 20.2. The van der Waals surface area contributed by atoms with Crippen molar-refractivity contribution in [2.24, 2.45) is 5.41 Å². The molecule has 146 valence electrons. The van der Waals surface area contributed by atoms with Gasteiger partial charge >= 0.3 is 0 Å². The molecular weight excluding hydrogens is 451 g/mol. The van der Waals surface area contributed by atoms with Gasteiger partial charge in [0.2, 0.25) is 0 Å². The standard InChI is InChI=1S/C21H22.C6H5Cl.Zr/c1-3-4-9-16-21(2,18-11-6-7-12-18)20-15-14-17-10-5-8-13-19(17)20;7-6-4-2-1-3-5-6;/h1,5-8,10-11,13-15,20H,4,9,12,16H2,2H3;1-5H;. The molecule has 0 saturated carbocycles. The number of allylic oxidation sites excluding steroid dienone is 5. The fourth-order valence-corrected chi connectivity index (χ4v) is 4.31. The molecule has 0 N–H and O–H groups in total. The minimum absolute atomic E-state index is 0. The van der Waals surface area contributed by atoms with Gasteiger partial charge in [0, 0.05) is 43.6 Å². The molecule has 0 aromatic heterocycles. The predicted octanol–water partition coefficient (Wildman–Crippen LogP) is 7.83. The number of hydrogen-bond donors (Lipinski definition) is 0. The molecule has 0 radical (unpaired) electrons. The summed E-state index contributed by atoms with van der Waals surface area (Å²) >= 11 is 5.54. The van der Waals surface area contributed by atoms with Crippen molar-refractivity contribution in [3.8, 4) is 12.3 Å². The summed E-state index contributed by atoms with van der Waals surface area (Å²) in [5, 5.41) is 0.794. The molecule has 2 atom stereocenters. The Morgan fingerprint density at radius 2 is 1.83 bits per heavy atom. The van der Waals surface area contributed by atoms with Gasteiger partial charge in [-0.1, -0.05) is 96.9 Å². The fourth-order valence-electron chi connectivity index (χ4n) is 4.16. The second-order valence-electron chi connectivity index (χ2n) is 7.56. The third kappa shape index (κ3) is 5.95. The molecular formula is C27H27ClZr. The van der Waals surface area contributed by atoms with Crippen LogP contribution in [0, 0.1) is 17.8 Å². The first-order valence-corrected chi connectivity index (χ1v) is 10.3. The molecule has 4 rings (SSSR count). The van der Waals surface area contributed by atoms with E-state index in [-0.39, 0.29) is 31.6 Å². The van der Waals surface area contributed by atoms with E-state index >= 15 is 0 Å². The smallest absolute Gasteiger partial charge is 0.0405 e. The molecule has 2 aromatic rings. The van der Waals surface area contributed by atoms with E-state index in [2.05, 4.69) is 67.5 Å². The summed E-state index contributed by atoms with van der Waals surface area (Å²) in [6, 6.07) is 18.2. The number of rotatable bonds is 5. The quantitative estimate of drug-likeness (QED) is 0.304. The molecule has 2 aromatic carbocycles. The monoisotopic (exact) mass is 476 g/mol. The van der Waals surface area contributed by atoms with E-state index in [4.69, 9.17) is 18.0 Å². The Morgan fingerprint density at radius 1 is 1.10 bits per heavy atom. The van der Waals surface area contributed by atoms with Crippen molar-refractivity contribution in [2.45, 2.75) is 38.5 Å². The Balaban J connectivity index is 0.000000319. The number of hydrogen-bond acceptors (Lipinski definition) is 0. The summed E-state index contributed by atoms with van der Waals surface area (Å²) in [4.78, 5) is 0. The van der Waals surface area contributed by atoms with Crippen LogP contribution < -0.4 is 0 Å². The van der Waals surface area contributed by atoms with Crippen molar-refractivity contribution in [1.29, 1.82) is 0 Å². The molecule has 0 heterocycles. The largest absolute Gasteiger partial charge is 0.120 e. The van der Waals surface area contributed by atoms with Crippen LogP contribution in [0.25, 0.3) is 6.08 Å². The minimum Gasteiger partial charge on any atom is -0.120 e. The number of fused-ring (bicyclic) bond motifs is 1. The molecule has 2 heteroatoms. The Hall–Kier alpha value is -1.61. The number of unbranched alkanes of at least 4 members (excludes halogenated alkanes) is 1. The predicted molar refractivity (Wildman–Crippen MR) is 122 cm³/mol. The van der Waals surface area contributed by atoms with E-state index < -0.39 is 0 Å². The molecule has 0 fully saturated rings. The number of benzene rings is 2. The van der Waals surface area contributed by atoms with Crippen molar-refractivity contribution in [3.63, 3.8) is 0 Å². The van der Waals surface area contributed by atoms with Gasteiger partial charge in [-0.25, -0.2) is 0 Å². The van der Waals surface area contributed by atoms with Crippen LogP contribution in [0.15, 0.2) is 84.5 Å². The zero-order chi connectivity index (χ0) is 19.8. The van der Waals surface area contributed by atoms with Crippen LogP contribution in [0.2, 0.25) is 5.02 Å². The van der Waals surface area contributed by atoms with E-state index in [0.717, 1.165) is 30.7 Å². The minimum atomic E-state index is 0. The van der Waals surface area contributed by atoms with Crippen LogP contribution in [-0.4, -0.2) is 0 Å². The van der Waals surface area contributed by atoms with Gasteiger partial charge < -0.3 is 0 Å². The van der Waals surface area contributed by atoms with Gasteiger partial charge in [0.1, 0.15) is 0 Å². The van der Waals surface area contributed by atoms with E-state index in [1.165, 1.54) is 11.1 Å². The summed E-state index contributed by atoms with van der Waals surface area (Å²) in [6.07, 6.45) is 21.1. The van der Waals surface area contributed by atoms with E-state index in [0.29, 0.717) is 5.92 Å². The van der Waals surface area contributed by atoms with Crippen LogP contribution in [0.1, 0.15) is 49.7 Å². The first kappa shape index (κ1) is 23.7. The van der Waals surface area contributed by atoms with Gasteiger partial charge in [-0.05, 0) is 47.9 Å². The van der Waals surface area contributed by atoms with Crippen molar-refractivity contribution >= 4 is 17.7 Å². The Bertz CT molecular complexity index is 917. The first-order chi connectivity index (χ1) is 13.6. The molecule has 0 bridgehead atoms. The molecule has 2 aliphatic carbocycles. The van der Waals surface area contributed by atoms with Crippen molar-refractivity contribution in [1.82, 2.24) is 0 Å².